The Bertz CT molecular complexity index is 1210. The number of ether oxygens (including phenoxy) is 1. The summed E-state index contributed by atoms with van der Waals surface area (Å²) >= 11 is 2.01. The molecule has 3 aromatic rings. The molecule has 7 nitrogen and oxygen atoms in total. The minimum atomic E-state index is -1.13. The van der Waals surface area contributed by atoms with Crippen LogP contribution in [-0.2, 0) is 9.53 Å². The Labute approximate surface area is 210 Å². The first-order valence-corrected chi connectivity index (χ1v) is 11.9. The second kappa shape index (κ2) is 10.3. The Kier molecular flexibility index (Phi) is 7.16. The Hall–Kier alpha value is -3.40. The lowest BCUT2D eigenvalue weighted by Gasteiger charge is -2.17. The normalized spacial score (nSPS) is 12.9. The van der Waals surface area contributed by atoms with E-state index in [4.69, 9.17) is 4.74 Å². The number of carboxylic acid groups (broad SMARTS) is 1. The van der Waals surface area contributed by atoms with E-state index in [0.717, 1.165) is 25.8 Å². The average Bonchev–Trinajstić information content (AvgIpc) is 3.12. The number of anilines is 1. The summed E-state index contributed by atoms with van der Waals surface area (Å²) in [4.78, 5) is 36.2. The zero-order chi connectivity index (χ0) is 24.2. The highest BCUT2D eigenvalue weighted by Gasteiger charge is 2.29. The molecule has 0 spiro atoms. The van der Waals surface area contributed by atoms with Crippen LogP contribution >= 0.6 is 22.6 Å². The van der Waals surface area contributed by atoms with E-state index in [1.165, 1.54) is 6.07 Å². The molecule has 0 radical (unpaired) electrons. The lowest BCUT2D eigenvalue weighted by atomic mass is 9.98. The molecule has 2 amide bonds. The molecule has 174 valence electrons. The predicted octanol–water partition coefficient (Wildman–Crippen LogP) is 5.25. The summed E-state index contributed by atoms with van der Waals surface area (Å²) in [5.41, 5.74) is 4.76. The van der Waals surface area contributed by atoms with Crippen molar-refractivity contribution in [2.75, 3.05) is 11.9 Å². The molecule has 1 aliphatic carbocycles. The fraction of sp³-hybridized carbons (Fsp3) is 0.192. The summed E-state index contributed by atoms with van der Waals surface area (Å²) in [6, 6.07) is 20.4. The Morgan fingerprint density at radius 3 is 2.24 bits per heavy atom. The number of halogens is 1. The largest absolute Gasteiger partial charge is 0.478 e. The lowest BCUT2D eigenvalue weighted by molar-refractivity contribution is -0.116. The smallest absolute Gasteiger partial charge is 0.407 e. The van der Waals surface area contributed by atoms with Crippen LogP contribution in [0.3, 0.4) is 0 Å². The first-order valence-electron chi connectivity index (χ1n) is 10.8. The zero-order valence-corrected chi connectivity index (χ0v) is 20.5. The third-order valence-electron chi connectivity index (χ3n) is 5.69. The summed E-state index contributed by atoms with van der Waals surface area (Å²) < 4.78 is 6.26. The lowest BCUT2D eigenvalue weighted by Crippen LogP contribution is -2.36. The average molecular weight is 570 g/mol. The molecule has 3 aromatic carbocycles. The van der Waals surface area contributed by atoms with E-state index in [-0.39, 0.29) is 30.2 Å². The van der Waals surface area contributed by atoms with E-state index >= 15 is 0 Å². The van der Waals surface area contributed by atoms with Gasteiger partial charge in [-0.15, -0.1) is 0 Å². The van der Waals surface area contributed by atoms with Crippen LogP contribution in [0.4, 0.5) is 10.5 Å². The number of fused-ring (bicyclic) bond motifs is 3. The number of aromatic carboxylic acids is 1. The van der Waals surface area contributed by atoms with Crippen LogP contribution in [0.15, 0.2) is 66.7 Å². The second-order valence-electron chi connectivity index (χ2n) is 8.12. The number of carbonyl (C=O) groups excluding carboxylic acids is 2. The Morgan fingerprint density at radius 1 is 1.00 bits per heavy atom. The maximum absolute atomic E-state index is 12.4. The van der Waals surface area contributed by atoms with Gasteiger partial charge in [0.05, 0.1) is 11.3 Å². The Morgan fingerprint density at radius 2 is 1.62 bits per heavy atom. The number of carboxylic acids is 1. The van der Waals surface area contributed by atoms with Crippen LogP contribution in [0.1, 0.15) is 40.7 Å². The number of hydrogen-bond acceptors (Lipinski definition) is 4. The highest BCUT2D eigenvalue weighted by Crippen LogP contribution is 2.44. The van der Waals surface area contributed by atoms with Gasteiger partial charge in [0, 0.05) is 22.0 Å². The van der Waals surface area contributed by atoms with Gasteiger partial charge in [-0.3, -0.25) is 4.79 Å². The van der Waals surface area contributed by atoms with Crippen LogP contribution < -0.4 is 10.6 Å². The van der Waals surface area contributed by atoms with Crippen molar-refractivity contribution >= 4 is 46.2 Å². The molecule has 0 aromatic heterocycles. The van der Waals surface area contributed by atoms with Gasteiger partial charge in [-0.1, -0.05) is 48.5 Å². The molecule has 0 saturated heterocycles. The van der Waals surface area contributed by atoms with E-state index in [1.807, 2.05) is 59.0 Å². The van der Waals surface area contributed by atoms with Crippen molar-refractivity contribution in [3.63, 3.8) is 0 Å². The van der Waals surface area contributed by atoms with Gasteiger partial charge < -0.3 is 20.5 Å². The van der Waals surface area contributed by atoms with Crippen LogP contribution in [-0.4, -0.2) is 35.7 Å². The van der Waals surface area contributed by atoms with Crippen molar-refractivity contribution < 1.29 is 24.2 Å². The molecule has 4 rings (SSSR count). The van der Waals surface area contributed by atoms with Gasteiger partial charge in [-0.2, -0.15) is 0 Å². The van der Waals surface area contributed by atoms with Crippen molar-refractivity contribution in [3.8, 4) is 11.1 Å². The molecule has 0 aliphatic heterocycles. The maximum atomic E-state index is 12.4. The first-order chi connectivity index (χ1) is 16.3. The molecule has 34 heavy (non-hydrogen) atoms. The molecule has 0 saturated carbocycles. The predicted molar refractivity (Wildman–Crippen MR) is 137 cm³/mol. The summed E-state index contributed by atoms with van der Waals surface area (Å²) in [6.07, 6.45) is -0.641. The first kappa shape index (κ1) is 23.7. The monoisotopic (exact) mass is 570 g/mol. The van der Waals surface area contributed by atoms with Gasteiger partial charge in [0.25, 0.3) is 0 Å². The number of amides is 2. The summed E-state index contributed by atoms with van der Waals surface area (Å²) in [5, 5.41) is 14.6. The molecular formula is C26H23IN2O5. The van der Waals surface area contributed by atoms with Crippen molar-refractivity contribution in [2.24, 2.45) is 0 Å². The second-order valence-corrected chi connectivity index (χ2v) is 9.36. The maximum Gasteiger partial charge on any atom is 0.407 e. The van der Waals surface area contributed by atoms with Crippen LogP contribution in [0, 0.1) is 3.57 Å². The molecule has 3 N–H and O–H groups in total. The number of benzene rings is 3. The van der Waals surface area contributed by atoms with Crippen molar-refractivity contribution in [1.29, 1.82) is 0 Å². The molecule has 1 unspecified atom stereocenters. The molecule has 0 bridgehead atoms. The minimum Gasteiger partial charge on any atom is -0.478 e. The summed E-state index contributed by atoms with van der Waals surface area (Å²) in [5.74, 6) is -1.58. The van der Waals surface area contributed by atoms with Gasteiger partial charge in [0.1, 0.15) is 6.61 Å². The van der Waals surface area contributed by atoms with Crippen LogP contribution in [0.2, 0.25) is 0 Å². The fourth-order valence-electron chi connectivity index (χ4n) is 4.17. The van der Waals surface area contributed by atoms with Crippen LogP contribution in [0.5, 0.6) is 0 Å². The van der Waals surface area contributed by atoms with Gasteiger partial charge in [-0.05, 0) is 70.0 Å². The fourth-order valence-corrected chi connectivity index (χ4v) is 4.67. The van der Waals surface area contributed by atoms with Crippen molar-refractivity contribution in [1.82, 2.24) is 5.32 Å². The number of carbonyl (C=O) groups is 3. The highest BCUT2D eigenvalue weighted by atomic mass is 127. The standard InChI is InChI=1S/C26H23IN2O5/c1-15(12-24(30)29-23-11-10-16(27)13-21(23)25(31)32)28-26(33)34-14-22-19-8-4-2-6-17(19)18-7-3-5-9-20(18)22/h2-11,13,15,22H,12,14H2,1H3,(H,28,33)(H,29,30)(H,31,32). The number of hydrogen-bond donors (Lipinski definition) is 3. The highest BCUT2D eigenvalue weighted by molar-refractivity contribution is 14.1. The van der Waals surface area contributed by atoms with Crippen molar-refractivity contribution in [2.45, 2.75) is 25.3 Å². The summed E-state index contributed by atoms with van der Waals surface area (Å²) in [7, 11) is 0. The van der Waals surface area contributed by atoms with Gasteiger partial charge in [0.15, 0.2) is 0 Å². The summed E-state index contributed by atoms with van der Waals surface area (Å²) in [6.45, 7) is 1.87. The molecule has 1 aliphatic rings. The quantitative estimate of drug-likeness (QED) is 0.337. The molecule has 1 atom stereocenters. The van der Waals surface area contributed by atoms with Crippen molar-refractivity contribution in [3.05, 3.63) is 87.0 Å². The molecule has 0 heterocycles. The van der Waals surface area contributed by atoms with E-state index in [0.29, 0.717) is 0 Å². The van der Waals surface area contributed by atoms with E-state index in [2.05, 4.69) is 22.8 Å². The van der Waals surface area contributed by atoms with Gasteiger partial charge in [0.2, 0.25) is 5.91 Å². The third kappa shape index (κ3) is 5.22. The third-order valence-corrected chi connectivity index (χ3v) is 6.36. The number of rotatable bonds is 7. The van der Waals surface area contributed by atoms with Gasteiger partial charge >= 0.3 is 12.1 Å². The minimum absolute atomic E-state index is 0.0115. The zero-order valence-electron chi connectivity index (χ0n) is 18.4. The van der Waals surface area contributed by atoms with Gasteiger partial charge in [-0.25, -0.2) is 9.59 Å². The Balaban J connectivity index is 1.32. The molecule has 8 heteroatoms. The molecular weight excluding hydrogens is 547 g/mol. The van der Waals surface area contributed by atoms with E-state index in [1.54, 1.807) is 19.1 Å². The topological polar surface area (TPSA) is 105 Å². The number of nitrogens with one attached hydrogen (secondary N) is 2. The van der Waals surface area contributed by atoms with E-state index in [9.17, 15) is 19.5 Å². The van der Waals surface area contributed by atoms with E-state index < -0.39 is 24.0 Å². The van der Waals surface area contributed by atoms with Crippen LogP contribution in [0.25, 0.3) is 11.1 Å². The molecule has 0 fully saturated rings. The SMILES string of the molecule is CC(CC(=O)Nc1ccc(I)cc1C(=O)O)NC(=O)OCC1c2ccccc2-c2ccccc21. The number of alkyl carbamates (subject to hydrolysis) is 1.